The second kappa shape index (κ2) is 6.41. The van der Waals surface area contributed by atoms with Crippen LogP contribution in [0.25, 0.3) is 11.0 Å². The first-order chi connectivity index (χ1) is 10.4. The largest absolute Gasteiger partial charge is 0.493 e. The molecule has 0 spiro atoms. The quantitative estimate of drug-likeness (QED) is 0.705. The fourth-order valence-corrected chi connectivity index (χ4v) is 2.33. The molecule has 0 amide bonds. The average Bonchev–Trinajstić information content (AvgIpc) is 2.95. The van der Waals surface area contributed by atoms with Gasteiger partial charge in [-0.2, -0.15) is 0 Å². The van der Waals surface area contributed by atoms with Gasteiger partial charge in [0.1, 0.15) is 5.76 Å². The molecule has 0 radical (unpaired) electrons. The second-order valence-corrected chi connectivity index (χ2v) is 4.87. The highest BCUT2D eigenvalue weighted by molar-refractivity contribution is 5.83. The Balaban J connectivity index is 1.58. The summed E-state index contributed by atoms with van der Waals surface area (Å²) in [6, 6.07) is 12.0. The molecule has 0 fully saturated rings. The molecule has 0 aliphatic heterocycles. The zero-order valence-corrected chi connectivity index (χ0v) is 12.0. The fraction of sp³-hybridized carbons (Fsp3) is 0.235. The van der Waals surface area contributed by atoms with E-state index in [1.165, 1.54) is 5.56 Å². The van der Waals surface area contributed by atoms with Crippen molar-refractivity contribution in [2.24, 2.45) is 0 Å². The van der Waals surface area contributed by atoms with Crippen LogP contribution in [-0.4, -0.2) is 18.6 Å². The number of methoxy groups -OCH3 is 1. The lowest BCUT2D eigenvalue weighted by Crippen LogP contribution is -2.16. The number of nitrogens with one attached hydrogen (secondary N) is 1. The van der Waals surface area contributed by atoms with E-state index in [-0.39, 0.29) is 0 Å². The number of fused-ring (bicyclic) bond motifs is 1. The van der Waals surface area contributed by atoms with Crippen LogP contribution < -0.4 is 10.1 Å². The summed E-state index contributed by atoms with van der Waals surface area (Å²) in [5.41, 5.74) is 2.09. The van der Waals surface area contributed by atoms with Gasteiger partial charge >= 0.3 is 0 Å². The predicted octanol–water partition coefficient (Wildman–Crippen LogP) is 3.17. The number of hydrogen-bond acceptors (Lipinski definition) is 4. The molecule has 0 saturated carbocycles. The van der Waals surface area contributed by atoms with Crippen molar-refractivity contribution in [3.8, 4) is 5.75 Å². The van der Waals surface area contributed by atoms with E-state index in [0.29, 0.717) is 6.54 Å². The van der Waals surface area contributed by atoms with E-state index in [2.05, 4.69) is 16.4 Å². The van der Waals surface area contributed by atoms with Crippen LogP contribution in [0.2, 0.25) is 0 Å². The maximum Gasteiger partial charge on any atom is 0.176 e. The van der Waals surface area contributed by atoms with Crippen LogP contribution in [-0.2, 0) is 13.0 Å². The Labute approximate surface area is 123 Å². The molecule has 1 N–H and O–H groups in total. The van der Waals surface area contributed by atoms with Crippen molar-refractivity contribution in [3.63, 3.8) is 0 Å². The molecule has 0 aliphatic rings. The van der Waals surface area contributed by atoms with Crippen molar-refractivity contribution in [1.29, 1.82) is 0 Å². The highest BCUT2D eigenvalue weighted by Gasteiger charge is 2.07. The molecule has 3 rings (SSSR count). The van der Waals surface area contributed by atoms with Gasteiger partial charge in [-0.05, 0) is 42.8 Å². The van der Waals surface area contributed by atoms with Crippen LogP contribution >= 0.6 is 0 Å². The van der Waals surface area contributed by atoms with Crippen molar-refractivity contribution < 1.29 is 9.15 Å². The number of pyridine rings is 1. The standard InChI is InChI=1S/C17H18N2O2/c1-20-16-4-2-3-14-11-15(21-17(14)16)12-19-10-7-13-5-8-18-9-6-13/h2-6,8-9,11,19H,7,10,12H2,1H3. The highest BCUT2D eigenvalue weighted by atomic mass is 16.5. The van der Waals surface area contributed by atoms with E-state index in [9.17, 15) is 0 Å². The molecule has 4 heteroatoms. The summed E-state index contributed by atoms with van der Waals surface area (Å²) in [7, 11) is 1.66. The fourth-order valence-electron chi connectivity index (χ4n) is 2.33. The molecular weight excluding hydrogens is 264 g/mol. The van der Waals surface area contributed by atoms with Gasteiger partial charge in [-0.25, -0.2) is 0 Å². The van der Waals surface area contributed by atoms with Crippen LogP contribution in [0.4, 0.5) is 0 Å². The minimum atomic E-state index is 0.711. The summed E-state index contributed by atoms with van der Waals surface area (Å²) in [6.07, 6.45) is 4.62. The molecule has 1 aromatic carbocycles. The zero-order valence-electron chi connectivity index (χ0n) is 12.0. The summed E-state index contributed by atoms with van der Waals surface area (Å²) in [4.78, 5) is 4.01. The van der Waals surface area contributed by atoms with Crippen molar-refractivity contribution in [3.05, 3.63) is 60.1 Å². The van der Waals surface area contributed by atoms with Gasteiger partial charge in [0.2, 0.25) is 0 Å². The second-order valence-electron chi connectivity index (χ2n) is 4.87. The normalized spacial score (nSPS) is 10.9. The van der Waals surface area contributed by atoms with Gasteiger partial charge in [0.15, 0.2) is 11.3 Å². The number of benzene rings is 1. The van der Waals surface area contributed by atoms with E-state index >= 15 is 0 Å². The molecule has 0 saturated heterocycles. The minimum Gasteiger partial charge on any atom is -0.493 e. The number of furan rings is 1. The average molecular weight is 282 g/mol. The van der Waals surface area contributed by atoms with Gasteiger partial charge in [0.05, 0.1) is 13.7 Å². The first-order valence-electron chi connectivity index (χ1n) is 7.02. The third-order valence-electron chi connectivity index (χ3n) is 3.42. The Hall–Kier alpha value is -2.33. The van der Waals surface area contributed by atoms with Gasteiger partial charge in [-0.1, -0.05) is 12.1 Å². The molecule has 2 aromatic heterocycles. The summed E-state index contributed by atoms with van der Waals surface area (Å²) >= 11 is 0. The van der Waals surface area contributed by atoms with Crippen LogP contribution in [0, 0.1) is 0 Å². The summed E-state index contributed by atoms with van der Waals surface area (Å²) in [6.45, 7) is 1.61. The SMILES string of the molecule is COc1cccc2cc(CNCCc3ccncc3)oc12. The molecule has 0 atom stereocenters. The third kappa shape index (κ3) is 3.23. The number of nitrogens with zero attached hydrogens (tertiary/aromatic N) is 1. The number of ether oxygens (including phenoxy) is 1. The third-order valence-corrected chi connectivity index (χ3v) is 3.42. The Morgan fingerprint density at radius 2 is 2.05 bits per heavy atom. The Morgan fingerprint density at radius 3 is 2.86 bits per heavy atom. The molecule has 108 valence electrons. The zero-order chi connectivity index (χ0) is 14.5. The van der Waals surface area contributed by atoms with E-state index in [4.69, 9.17) is 9.15 Å². The first kappa shape index (κ1) is 13.6. The molecule has 21 heavy (non-hydrogen) atoms. The molecule has 2 heterocycles. The maximum absolute atomic E-state index is 5.84. The summed E-state index contributed by atoms with van der Waals surface area (Å²) in [5, 5.41) is 4.46. The van der Waals surface area contributed by atoms with E-state index in [1.54, 1.807) is 7.11 Å². The summed E-state index contributed by atoms with van der Waals surface area (Å²) < 4.78 is 11.1. The van der Waals surface area contributed by atoms with E-state index < -0.39 is 0 Å². The Kier molecular flexibility index (Phi) is 4.17. The summed E-state index contributed by atoms with van der Waals surface area (Å²) in [5.74, 6) is 1.69. The molecule has 4 nitrogen and oxygen atoms in total. The van der Waals surface area contributed by atoms with Crippen molar-refractivity contribution in [2.75, 3.05) is 13.7 Å². The minimum absolute atomic E-state index is 0.711. The monoisotopic (exact) mass is 282 g/mol. The van der Waals surface area contributed by atoms with E-state index in [0.717, 1.165) is 35.4 Å². The van der Waals surface area contributed by atoms with Gasteiger partial charge in [-0.3, -0.25) is 4.98 Å². The number of hydrogen-bond donors (Lipinski definition) is 1. The van der Waals surface area contributed by atoms with Crippen LogP contribution in [0.15, 0.2) is 53.2 Å². The smallest absolute Gasteiger partial charge is 0.176 e. The highest BCUT2D eigenvalue weighted by Crippen LogP contribution is 2.28. The van der Waals surface area contributed by atoms with Crippen LogP contribution in [0.5, 0.6) is 5.75 Å². The molecule has 3 aromatic rings. The Morgan fingerprint density at radius 1 is 1.19 bits per heavy atom. The number of rotatable bonds is 6. The van der Waals surface area contributed by atoms with Crippen LogP contribution in [0.3, 0.4) is 0 Å². The lowest BCUT2D eigenvalue weighted by atomic mass is 10.2. The number of aromatic nitrogens is 1. The van der Waals surface area contributed by atoms with Crippen molar-refractivity contribution in [1.82, 2.24) is 10.3 Å². The van der Waals surface area contributed by atoms with Gasteiger partial charge in [-0.15, -0.1) is 0 Å². The number of para-hydroxylation sites is 1. The van der Waals surface area contributed by atoms with Gasteiger partial charge < -0.3 is 14.5 Å². The molecular formula is C17H18N2O2. The molecule has 0 bridgehead atoms. The lowest BCUT2D eigenvalue weighted by Gasteiger charge is -2.02. The lowest BCUT2D eigenvalue weighted by molar-refractivity contribution is 0.406. The van der Waals surface area contributed by atoms with Crippen LogP contribution in [0.1, 0.15) is 11.3 Å². The predicted molar refractivity (Wildman–Crippen MR) is 82.4 cm³/mol. The van der Waals surface area contributed by atoms with Crippen molar-refractivity contribution in [2.45, 2.75) is 13.0 Å². The maximum atomic E-state index is 5.84. The topological polar surface area (TPSA) is 47.3 Å². The van der Waals surface area contributed by atoms with Crippen molar-refractivity contribution >= 4 is 11.0 Å². The van der Waals surface area contributed by atoms with E-state index in [1.807, 2.05) is 42.7 Å². The van der Waals surface area contributed by atoms with Gasteiger partial charge in [0, 0.05) is 17.8 Å². The first-order valence-corrected chi connectivity index (χ1v) is 7.02. The molecule has 0 aliphatic carbocycles. The Bertz CT molecular complexity index is 707. The molecule has 0 unspecified atom stereocenters. The van der Waals surface area contributed by atoms with Gasteiger partial charge in [0.25, 0.3) is 0 Å².